The number of carbonyl (C=O) groups is 2. The van der Waals surface area contributed by atoms with Crippen LogP contribution < -0.4 is 16.0 Å². The molecule has 0 radical (unpaired) electrons. The molecule has 1 aromatic heterocycles. The topological polar surface area (TPSA) is 96.3 Å². The van der Waals surface area contributed by atoms with Crippen molar-refractivity contribution >= 4 is 23.3 Å². The standard InChI is InChI=1S/C16H20N4O3/c1-4-10(2)13-9-14(23-20-13)15(21)18-11-6-5-7-12(8-11)19-16(22)17-3/h5-10H,4H2,1-3H3,(H,18,21)(H2,17,19,22). The minimum atomic E-state index is -0.385. The molecule has 1 heterocycles. The zero-order valence-electron chi connectivity index (χ0n) is 13.3. The van der Waals surface area contributed by atoms with Crippen LogP contribution in [0.4, 0.5) is 16.2 Å². The average molecular weight is 316 g/mol. The van der Waals surface area contributed by atoms with E-state index in [2.05, 4.69) is 21.1 Å². The van der Waals surface area contributed by atoms with Crippen LogP contribution in [0.2, 0.25) is 0 Å². The molecule has 0 spiro atoms. The maximum Gasteiger partial charge on any atom is 0.318 e. The van der Waals surface area contributed by atoms with E-state index in [1.807, 2.05) is 13.8 Å². The van der Waals surface area contributed by atoms with Crippen LogP contribution in [-0.4, -0.2) is 24.1 Å². The number of carbonyl (C=O) groups excluding carboxylic acids is 2. The SMILES string of the molecule is CCC(C)c1cc(C(=O)Nc2cccc(NC(=O)NC)c2)on1. The highest BCUT2D eigenvalue weighted by Crippen LogP contribution is 2.20. The number of hydrogen-bond acceptors (Lipinski definition) is 4. The smallest absolute Gasteiger partial charge is 0.318 e. The molecule has 0 bridgehead atoms. The van der Waals surface area contributed by atoms with Crippen molar-refractivity contribution in [1.82, 2.24) is 10.5 Å². The van der Waals surface area contributed by atoms with Crippen molar-refractivity contribution in [2.45, 2.75) is 26.2 Å². The number of anilines is 2. The minimum absolute atomic E-state index is 0.157. The fourth-order valence-corrected chi connectivity index (χ4v) is 1.90. The van der Waals surface area contributed by atoms with Crippen LogP contribution in [0.15, 0.2) is 34.9 Å². The first-order valence-corrected chi connectivity index (χ1v) is 7.40. The molecule has 23 heavy (non-hydrogen) atoms. The zero-order valence-corrected chi connectivity index (χ0v) is 13.3. The van der Waals surface area contributed by atoms with Crippen molar-refractivity contribution in [2.24, 2.45) is 0 Å². The fourth-order valence-electron chi connectivity index (χ4n) is 1.90. The lowest BCUT2D eigenvalue weighted by molar-refractivity contribution is 0.0987. The summed E-state index contributed by atoms with van der Waals surface area (Å²) in [5.74, 6) is 0.00879. The summed E-state index contributed by atoms with van der Waals surface area (Å²) in [7, 11) is 1.53. The highest BCUT2D eigenvalue weighted by molar-refractivity contribution is 6.02. The van der Waals surface area contributed by atoms with E-state index in [9.17, 15) is 9.59 Å². The summed E-state index contributed by atoms with van der Waals surface area (Å²) in [6.07, 6.45) is 0.917. The van der Waals surface area contributed by atoms with Crippen LogP contribution >= 0.6 is 0 Å². The molecular formula is C16H20N4O3. The van der Waals surface area contributed by atoms with Crippen LogP contribution in [0.25, 0.3) is 0 Å². The van der Waals surface area contributed by atoms with Gasteiger partial charge in [-0.1, -0.05) is 25.1 Å². The normalized spacial score (nSPS) is 11.6. The van der Waals surface area contributed by atoms with Gasteiger partial charge in [0.05, 0.1) is 5.69 Å². The number of nitrogens with zero attached hydrogens (tertiary/aromatic N) is 1. The molecule has 3 amide bonds. The Hall–Kier alpha value is -2.83. The number of nitrogens with one attached hydrogen (secondary N) is 3. The Kier molecular flexibility index (Phi) is 5.35. The molecule has 2 aromatic rings. The van der Waals surface area contributed by atoms with Gasteiger partial charge in [-0.25, -0.2) is 4.79 Å². The van der Waals surface area contributed by atoms with Gasteiger partial charge in [0, 0.05) is 30.4 Å². The fraction of sp³-hybridized carbons (Fsp3) is 0.312. The van der Waals surface area contributed by atoms with Gasteiger partial charge in [0.15, 0.2) is 0 Å². The predicted octanol–water partition coefficient (Wildman–Crippen LogP) is 3.19. The van der Waals surface area contributed by atoms with E-state index in [1.165, 1.54) is 7.05 Å². The van der Waals surface area contributed by atoms with Crippen molar-refractivity contribution in [3.8, 4) is 0 Å². The Bertz CT molecular complexity index is 696. The monoisotopic (exact) mass is 316 g/mol. The first-order valence-electron chi connectivity index (χ1n) is 7.40. The molecule has 0 fully saturated rings. The number of hydrogen-bond donors (Lipinski definition) is 3. The zero-order chi connectivity index (χ0) is 16.8. The quantitative estimate of drug-likeness (QED) is 0.789. The summed E-state index contributed by atoms with van der Waals surface area (Å²) in [5.41, 5.74) is 1.87. The van der Waals surface area contributed by atoms with Crippen LogP contribution in [0.5, 0.6) is 0 Å². The van der Waals surface area contributed by atoms with Gasteiger partial charge >= 0.3 is 6.03 Å². The van der Waals surface area contributed by atoms with E-state index in [1.54, 1.807) is 30.3 Å². The summed E-state index contributed by atoms with van der Waals surface area (Å²) >= 11 is 0. The molecule has 0 saturated heterocycles. The molecule has 0 saturated carbocycles. The van der Waals surface area contributed by atoms with Gasteiger partial charge < -0.3 is 20.5 Å². The first kappa shape index (κ1) is 16.5. The van der Waals surface area contributed by atoms with Gasteiger partial charge in [0.25, 0.3) is 5.91 Å². The average Bonchev–Trinajstić information content (AvgIpc) is 3.04. The summed E-state index contributed by atoms with van der Waals surface area (Å²) in [6, 6.07) is 8.14. The highest BCUT2D eigenvalue weighted by atomic mass is 16.5. The molecule has 122 valence electrons. The third-order valence-electron chi connectivity index (χ3n) is 3.47. The molecular weight excluding hydrogens is 296 g/mol. The first-order chi connectivity index (χ1) is 11.0. The minimum Gasteiger partial charge on any atom is -0.351 e. The second-order valence-electron chi connectivity index (χ2n) is 5.16. The Labute approximate surface area is 134 Å². The molecule has 0 aliphatic carbocycles. The molecule has 2 rings (SSSR count). The molecule has 3 N–H and O–H groups in total. The van der Waals surface area contributed by atoms with Gasteiger partial charge in [-0.05, 0) is 24.6 Å². The van der Waals surface area contributed by atoms with Gasteiger partial charge in [-0.15, -0.1) is 0 Å². The van der Waals surface area contributed by atoms with Crippen LogP contribution in [-0.2, 0) is 0 Å². The summed E-state index contributed by atoms with van der Waals surface area (Å²) in [5, 5.41) is 11.7. The Morgan fingerprint density at radius 3 is 2.57 bits per heavy atom. The molecule has 0 aliphatic heterocycles. The van der Waals surface area contributed by atoms with Crippen LogP contribution in [0, 0.1) is 0 Å². The van der Waals surface area contributed by atoms with Gasteiger partial charge in [0.1, 0.15) is 0 Å². The molecule has 1 atom stereocenters. The van der Waals surface area contributed by atoms with E-state index in [4.69, 9.17) is 4.52 Å². The van der Waals surface area contributed by atoms with Crippen molar-refractivity contribution in [3.63, 3.8) is 0 Å². The lowest BCUT2D eigenvalue weighted by Crippen LogP contribution is -2.24. The van der Waals surface area contributed by atoms with E-state index in [0.29, 0.717) is 11.4 Å². The third kappa shape index (κ3) is 4.32. The molecule has 7 heteroatoms. The van der Waals surface area contributed by atoms with Crippen LogP contribution in [0.3, 0.4) is 0 Å². The molecule has 1 unspecified atom stereocenters. The molecule has 1 aromatic carbocycles. The maximum atomic E-state index is 12.2. The summed E-state index contributed by atoms with van der Waals surface area (Å²) in [4.78, 5) is 23.5. The van der Waals surface area contributed by atoms with Gasteiger partial charge in [-0.3, -0.25) is 4.79 Å². The lowest BCUT2D eigenvalue weighted by atomic mass is 10.1. The Morgan fingerprint density at radius 2 is 1.91 bits per heavy atom. The van der Waals surface area contributed by atoms with Gasteiger partial charge in [-0.2, -0.15) is 0 Å². The van der Waals surface area contributed by atoms with E-state index in [0.717, 1.165) is 12.1 Å². The Balaban J connectivity index is 2.06. The summed E-state index contributed by atoms with van der Waals surface area (Å²) in [6.45, 7) is 4.07. The number of urea groups is 1. The van der Waals surface area contributed by atoms with Crippen molar-refractivity contribution < 1.29 is 14.1 Å². The predicted molar refractivity (Wildman–Crippen MR) is 87.7 cm³/mol. The van der Waals surface area contributed by atoms with E-state index < -0.39 is 0 Å². The van der Waals surface area contributed by atoms with Crippen LogP contribution in [0.1, 0.15) is 42.4 Å². The van der Waals surface area contributed by atoms with E-state index in [-0.39, 0.29) is 23.6 Å². The second kappa shape index (κ2) is 7.44. The maximum absolute atomic E-state index is 12.2. The molecule has 0 aliphatic rings. The highest BCUT2D eigenvalue weighted by Gasteiger charge is 2.16. The van der Waals surface area contributed by atoms with E-state index >= 15 is 0 Å². The third-order valence-corrected chi connectivity index (χ3v) is 3.47. The molecule has 7 nitrogen and oxygen atoms in total. The number of rotatable bonds is 5. The number of amides is 3. The lowest BCUT2D eigenvalue weighted by Gasteiger charge is -2.07. The summed E-state index contributed by atoms with van der Waals surface area (Å²) < 4.78 is 5.09. The van der Waals surface area contributed by atoms with Crippen molar-refractivity contribution in [1.29, 1.82) is 0 Å². The second-order valence-corrected chi connectivity index (χ2v) is 5.16. The van der Waals surface area contributed by atoms with Gasteiger partial charge in [0.2, 0.25) is 5.76 Å². The van der Waals surface area contributed by atoms with Crippen molar-refractivity contribution in [2.75, 3.05) is 17.7 Å². The number of benzene rings is 1. The van der Waals surface area contributed by atoms with Crippen molar-refractivity contribution in [3.05, 3.63) is 41.8 Å². The largest absolute Gasteiger partial charge is 0.351 e. The Morgan fingerprint density at radius 1 is 1.22 bits per heavy atom. The number of aromatic nitrogens is 1.